The van der Waals surface area contributed by atoms with Crippen LogP contribution in [0.25, 0.3) is 10.2 Å². The molecule has 0 aliphatic heterocycles. The minimum atomic E-state index is -0.0666. The number of anilines is 1. The second-order valence-corrected chi connectivity index (χ2v) is 8.33. The number of amides is 1. The topological polar surface area (TPSA) is 36.4 Å². The molecule has 0 saturated heterocycles. The summed E-state index contributed by atoms with van der Waals surface area (Å²) in [5.74, 6) is -0.0666. The summed E-state index contributed by atoms with van der Waals surface area (Å²) in [6, 6.07) is 11.4. The zero-order valence-electron chi connectivity index (χ0n) is 17.2. The third kappa shape index (κ3) is 5.48. The molecule has 1 aromatic heterocycles. The van der Waals surface area contributed by atoms with E-state index in [2.05, 4.69) is 44.7 Å². The molecule has 156 valence electrons. The van der Waals surface area contributed by atoms with E-state index in [1.54, 1.807) is 34.4 Å². The Labute approximate surface area is 187 Å². The molecule has 3 aromatic rings. The van der Waals surface area contributed by atoms with Gasteiger partial charge in [-0.05, 0) is 62.3 Å². The Kier molecular flexibility index (Phi) is 8.46. The lowest BCUT2D eigenvalue weighted by Crippen LogP contribution is -2.38. The van der Waals surface area contributed by atoms with E-state index in [0.717, 1.165) is 35.0 Å². The Balaban J connectivity index is 0.00000300. The van der Waals surface area contributed by atoms with Crippen LogP contribution in [0, 0.1) is 13.8 Å². The van der Waals surface area contributed by atoms with Gasteiger partial charge in [0.15, 0.2) is 5.13 Å². The number of hydrogen-bond acceptors (Lipinski definition) is 4. The lowest BCUT2D eigenvalue weighted by atomic mass is 10.1. The van der Waals surface area contributed by atoms with E-state index in [9.17, 15) is 4.79 Å². The maximum Gasteiger partial charge on any atom is 0.260 e. The van der Waals surface area contributed by atoms with Crippen molar-refractivity contribution in [1.82, 2.24) is 9.88 Å². The van der Waals surface area contributed by atoms with Crippen molar-refractivity contribution in [3.05, 3.63) is 58.1 Å². The van der Waals surface area contributed by atoms with Crippen LogP contribution in [0.5, 0.6) is 0 Å². The van der Waals surface area contributed by atoms with Crippen molar-refractivity contribution < 1.29 is 4.79 Å². The van der Waals surface area contributed by atoms with Gasteiger partial charge in [-0.25, -0.2) is 4.98 Å². The minimum Gasteiger partial charge on any atom is -0.302 e. The highest BCUT2D eigenvalue weighted by molar-refractivity contribution is 7.22. The SMILES string of the molecule is CCN(CC)CCN(C(=O)c1cccc(Cl)c1)c1nc2cc(C)cc(C)c2s1.Cl. The largest absolute Gasteiger partial charge is 0.302 e. The average molecular weight is 452 g/mol. The fourth-order valence-corrected chi connectivity index (χ4v) is 4.55. The van der Waals surface area contributed by atoms with E-state index in [1.165, 1.54) is 11.1 Å². The Morgan fingerprint density at radius 3 is 2.48 bits per heavy atom. The number of hydrogen-bond donors (Lipinski definition) is 0. The van der Waals surface area contributed by atoms with Crippen LogP contribution in [-0.4, -0.2) is 42.0 Å². The molecule has 0 aliphatic rings. The molecular weight excluding hydrogens is 425 g/mol. The third-order valence-corrected chi connectivity index (χ3v) is 6.36. The van der Waals surface area contributed by atoms with Gasteiger partial charge in [-0.2, -0.15) is 0 Å². The Hall–Kier alpha value is -1.66. The van der Waals surface area contributed by atoms with Gasteiger partial charge in [0.2, 0.25) is 0 Å². The molecule has 1 amide bonds. The van der Waals surface area contributed by atoms with Crippen molar-refractivity contribution >= 4 is 56.6 Å². The lowest BCUT2D eigenvalue weighted by Gasteiger charge is -2.24. The zero-order valence-corrected chi connectivity index (χ0v) is 19.6. The normalized spacial score (nSPS) is 11.0. The molecule has 3 rings (SSSR count). The molecule has 0 saturated carbocycles. The molecule has 0 radical (unpaired) electrons. The number of halogens is 2. The van der Waals surface area contributed by atoms with E-state index in [1.807, 2.05) is 6.07 Å². The number of carbonyl (C=O) groups is 1. The van der Waals surface area contributed by atoms with Gasteiger partial charge in [0.05, 0.1) is 10.2 Å². The minimum absolute atomic E-state index is 0. The number of carbonyl (C=O) groups excluding carboxylic acids is 1. The number of nitrogens with zero attached hydrogens (tertiary/aromatic N) is 3. The summed E-state index contributed by atoms with van der Waals surface area (Å²) in [6.07, 6.45) is 0. The lowest BCUT2D eigenvalue weighted by molar-refractivity contribution is 0.0984. The highest BCUT2D eigenvalue weighted by Crippen LogP contribution is 2.33. The predicted molar refractivity (Wildman–Crippen MR) is 127 cm³/mol. The first-order valence-electron chi connectivity index (χ1n) is 9.60. The summed E-state index contributed by atoms with van der Waals surface area (Å²) in [5, 5.41) is 1.30. The molecule has 0 aliphatic carbocycles. The van der Waals surface area contributed by atoms with E-state index >= 15 is 0 Å². The fraction of sp³-hybridized carbons (Fsp3) is 0.364. The predicted octanol–water partition coefficient (Wildman–Crippen LogP) is 5.98. The summed E-state index contributed by atoms with van der Waals surface area (Å²) in [7, 11) is 0. The van der Waals surface area contributed by atoms with Gasteiger partial charge in [-0.3, -0.25) is 9.69 Å². The third-order valence-electron chi connectivity index (χ3n) is 4.89. The molecule has 0 spiro atoms. The highest BCUT2D eigenvalue weighted by atomic mass is 35.5. The van der Waals surface area contributed by atoms with E-state index in [4.69, 9.17) is 16.6 Å². The molecule has 2 aromatic carbocycles. The van der Waals surface area contributed by atoms with Gasteiger partial charge in [0.25, 0.3) is 5.91 Å². The quantitative estimate of drug-likeness (QED) is 0.443. The monoisotopic (exact) mass is 451 g/mol. The molecule has 7 heteroatoms. The Morgan fingerprint density at radius 2 is 1.83 bits per heavy atom. The van der Waals surface area contributed by atoms with Gasteiger partial charge in [-0.1, -0.05) is 48.9 Å². The molecule has 0 atom stereocenters. The zero-order chi connectivity index (χ0) is 20.3. The number of benzene rings is 2. The second-order valence-electron chi connectivity index (χ2n) is 6.92. The Morgan fingerprint density at radius 1 is 1.10 bits per heavy atom. The number of thiazole rings is 1. The molecule has 0 N–H and O–H groups in total. The van der Waals surface area contributed by atoms with Crippen molar-refractivity contribution in [2.24, 2.45) is 0 Å². The van der Waals surface area contributed by atoms with E-state index in [0.29, 0.717) is 17.1 Å². The smallest absolute Gasteiger partial charge is 0.260 e. The molecule has 0 unspecified atom stereocenters. The van der Waals surface area contributed by atoms with Crippen LogP contribution in [-0.2, 0) is 0 Å². The second kappa shape index (κ2) is 10.4. The van der Waals surface area contributed by atoms with Crippen molar-refractivity contribution in [2.75, 3.05) is 31.1 Å². The van der Waals surface area contributed by atoms with Crippen molar-refractivity contribution in [2.45, 2.75) is 27.7 Å². The van der Waals surface area contributed by atoms with Gasteiger partial charge >= 0.3 is 0 Å². The van der Waals surface area contributed by atoms with Crippen LogP contribution < -0.4 is 4.90 Å². The summed E-state index contributed by atoms with van der Waals surface area (Å²) in [5.41, 5.74) is 3.90. The summed E-state index contributed by atoms with van der Waals surface area (Å²) >= 11 is 7.70. The molecule has 29 heavy (non-hydrogen) atoms. The van der Waals surface area contributed by atoms with Gasteiger partial charge in [-0.15, -0.1) is 12.4 Å². The molecule has 1 heterocycles. The molecular formula is C22H27Cl2N3OS. The van der Waals surface area contributed by atoms with Gasteiger partial charge in [0.1, 0.15) is 0 Å². The van der Waals surface area contributed by atoms with Crippen molar-refractivity contribution in [3.63, 3.8) is 0 Å². The van der Waals surface area contributed by atoms with Crippen molar-refractivity contribution in [3.8, 4) is 0 Å². The van der Waals surface area contributed by atoms with Crippen LogP contribution in [0.3, 0.4) is 0 Å². The van der Waals surface area contributed by atoms with E-state index < -0.39 is 0 Å². The van der Waals surface area contributed by atoms with Crippen LogP contribution in [0.15, 0.2) is 36.4 Å². The van der Waals surface area contributed by atoms with Crippen LogP contribution in [0.4, 0.5) is 5.13 Å². The maximum atomic E-state index is 13.3. The number of aryl methyl sites for hydroxylation is 2. The number of fused-ring (bicyclic) bond motifs is 1. The van der Waals surface area contributed by atoms with Crippen LogP contribution in [0.2, 0.25) is 5.02 Å². The maximum absolute atomic E-state index is 13.3. The summed E-state index contributed by atoms with van der Waals surface area (Å²) < 4.78 is 1.13. The summed E-state index contributed by atoms with van der Waals surface area (Å²) in [4.78, 5) is 22.2. The Bertz CT molecular complexity index is 985. The first-order chi connectivity index (χ1) is 13.4. The molecule has 0 bridgehead atoms. The first-order valence-corrected chi connectivity index (χ1v) is 10.8. The van der Waals surface area contributed by atoms with E-state index in [-0.39, 0.29) is 18.3 Å². The highest BCUT2D eigenvalue weighted by Gasteiger charge is 2.22. The molecule has 0 fully saturated rings. The first kappa shape index (κ1) is 23.6. The fourth-order valence-electron chi connectivity index (χ4n) is 3.32. The van der Waals surface area contributed by atoms with Gasteiger partial charge in [0, 0.05) is 23.7 Å². The molecule has 4 nitrogen and oxygen atoms in total. The van der Waals surface area contributed by atoms with Crippen LogP contribution in [0.1, 0.15) is 35.3 Å². The number of aromatic nitrogens is 1. The number of likely N-dealkylation sites (N-methyl/N-ethyl adjacent to an activating group) is 1. The number of rotatable bonds is 7. The summed E-state index contributed by atoms with van der Waals surface area (Å²) in [6.45, 7) is 11.7. The average Bonchev–Trinajstić information content (AvgIpc) is 3.09. The standard InChI is InChI=1S/C22H26ClN3OS.ClH/c1-5-25(6-2)10-11-26(21(27)17-8-7-9-18(23)14-17)22-24-19-13-15(3)12-16(4)20(19)28-22;/h7-9,12-14H,5-6,10-11H2,1-4H3;1H. The van der Waals surface area contributed by atoms with Crippen molar-refractivity contribution in [1.29, 1.82) is 0 Å². The van der Waals surface area contributed by atoms with Gasteiger partial charge < -0.3 is 4.90 Å². The van der Waals surface area contributed by atoms with Crippen LogP contribution >= 0.6 is 35.3 Å².